The fourth-order valence-corrected chi connectivity index (χ4v) is 4.15. The Balaban J connectivity index is 1.65. The molecule has 0 radical (unpaired) electrons. The van der Waals surface area contributed by atoms with Crippen molar-refractivity contribution in [3.05, 3.63) is 71.5 Å². The van der Waals surface area contributed by atoms with E-state index in [-0.39, 0.29) is 17.9 Å². The molecule has 3 aromatic rings. The number of aromatic nitrogens is 4. The first-order valence-corrected chi connectivity index (χ1v) is 10.7. The highest BCUT2D eigenvalue weighted by Crippen LogP contribution is 2.32. The molecule has 1 atom stereocenters. The van der Waals surface area contributed by atoms with Crippen molar-refractivity contribution in [3.8, 4) is 5.75 Å². The Morgan fingerprint density at radius 3 is 2.48 bits per heavy atom. The molecule has 2 aromatic carbocycles. The van der Waals surface area contributed by atoms with Gasteiger partial charge in [0.05, 0.1) is 19.2 Å². The van der Waals surface area contributed by atoms with Gasteiger partial charge in [0.2, 0.25) is 5.91 Å². The van der Waals surface area contributed by atoms with E-state index in [4.69, 9.17) is 10.5 Å². The molecule has 31 heavy (non-hydrogen) atoms. The number of benzene rings is 2. The van der Waals surface area contributed by atoms with Crippen molar-refractivity contribution < 1.29 is 9.53 Å². The van der Waals surface area contributed by atoms with Crippen molar-refractivity contribution in [1.29, 1.82) is 0 Å². The normalized spacial score (nSPS) is 16.2. The number of ether oxygens (including phenoxy) is 1. The molecule has 2 heterocycles. The van der Waals surface area contributed by atoms with E-state index in [1.54, 1.807) is 0 Å². The molecule has 0 spiro atoms. The summed E-state index contributed by atoms with van der Waals surface area (Å²) in [5.74, 6) is 1.33. The fraction of sp³-hybridized carbons (Fsp3) is 0.391. The molecule has 162 valence electrons. The average Bonchev–Trinajstić information content (AvgIpc) is 3.24. The van der Waals surface area contributed by atoms with Crippen molar-refractivity contribution in [2.75, 3.05) is 19.7 Å². The molecule has 1 amide bonds. The predicted octanol–water partition coefficient (Wildman–Crippen LogP) is 2.41. The predicted molar refractivity (Wildman–Crippen MR) is 116 cm³/mol. The molecule has 0 saturated carbocycles. The number of rotatable bonds is 8. The second kappa shape index (κ2) is 9.70. The summed E-state index contributed by atoms with van der Waals surface area (Å²) in [6.07, 6.45) is 1.48. The van der Waals surface area contributed by atoms with Gasteiger partial charge in [0.1, 0.15) is 5.75 Å². The number of nitrogens with two attached hydrogens (primary N) is 1. The van der Waals surface area contributed by atoms with Crippen LogP contribution in [0.1, 0.15) is 42.8 Å². The van der Waals surface area contributed by atoms with Gasteiger partial charge < -0.3 is 10.5 Å². The molecule has 4 rings (SSSR count). The number of piperidine rings is 1. The maximum Gasteiger partial charge on any atom is 0.220 e. The van der Waals surface area contributed by atoms with Crippen molar-refractivity contribution in [1.82, 2.24) is 25.1 Å². The van der Waals surface area contributed by atoms with E-state index in [2.05, 4.69) is 44.7 Å². The largest absolute Gasteiger partial charge is 0.494 e. The van der Waals surface area contributed by atoms with E-state index in [0.717, 1.165) is 48.6 Å². The van der Waals surface area contributed by atoms with Crippen LogP contribution in [0.4, 0.5) is 0 Å². The second-order valence-electron chi connectivity index (χ2n) is 7.80. The van der Waals surface area contributed by atoms with Crippen LogP contribution >= 0.6 is 0 Å². The zero-order valence-electron chi connectivity index (χ0n) is 17.7. The number of hydrogen-bond acceptors (Lipinski definition) is 6. The summed E-state index contributed by atoms with van der Waals surface area (Å²) in [5, 5.41) is 12.7. The van der Waals surface area contributed by atoms with Crippen LogP contribution in [-0.2, 0) is 11.3 Å². The van der Waals surface area contributed by atoms with Crippen molar-refractivity contribution in [2.24, 2.45) is 11.7 Å². The standard InChI is InChI=1S/C23H28N6O2/c1-2-31-20-10-8-18(9-11-20)21(28-14-12-19(13-15-28)22(24)30)23-25-26-27-29(23)16-17-6-4-3-5-7-17/h3-11,19,21H,2,12-16H2,1H3,(H2,24,30)/t21-/m1/s1. The molecule has 8 heteroatoms. The summed E-state index contributed by atoms with van der Waals surface area (Å²) in [5.41, 5.74) is 7.76. The first-order valence-electron chi connectivity index (χ1n) is 10.7. The SMILES string of the molecule is CCOc1ccc([C@H](c2nnnn2Cc2ccccc2)N2CCC(C(N)=O)CC2)cc1. The second-order valence-corrected chi connectivity index (χ2v) is 7.80. The number of carbonyl (C=O) groups excluding carboxylic acids is 1. The average molecular weight is 421 g/mol. The zero-order chi connectivity index (χ0) is 21.6. The number of nitrogens with zero attached hydrogens (tertiary/aromatic N) is 5. The number of primary amides is 1. The van der Waals surface area contributed by atoms with Crippen LogP contribution in [-0.4, -0.2) is 50.7 Å². The summed E-state index contributed by atoms with van der Waals surface area (Å²) in [6, 6.07) is 18.1. The van der Waals surface area contributed by atoms with Crippen LogP contribution in [0.5, 0.6) is 5.75 Å². The monoisotopic (exact) mass is 420 g/mol. The van der Waals surface area contributed by atoms with E-state index in [1.807, 2.05) is 41.9 Å². The van der Waals surface area contributed by atoms with Gasteiger partial charge in [-0.05, 0) is 66.5 Å². The first-order chi connectivity index (χ1) is 15.2. The molecular weight excluding hydrogens is 392 g/mol. The molecule has 0 bridgehead atoms. The maximum atomic E-state index is 11.6. The number of tetrazole rings is 1. The van der Waals surface area contributed by atoms with Gasteiger partial charge in [0.15, 0.2) is 5.82 Å². The zero-order valence-corrected chi connectivity index (χ0v) is 17.7. The van der Waals surface area contributed by atoms with Gasteiger partial charge in [-0.15, -0.1) is 5.10 Å². The molecule has 1 fully saturated rings. The van der Waals surface area contributed by atoms with Crippen molar-refractivity contribution in [3.63, 3.8) is 0 Å². The smallest absolute Gasteiger partial charge is 0.220 e. The Morgan fingerprint density at radius 2 is 1.84 bits per heavy atom. The summed E-state index contributed by atoms with van der Waals surface area (Å²) < 4.78 is 7.47. The van der Waals surface area contributed by atoms with E-state index in [0.29, 0.717) is 13.2 Å². The minimum absolute atomic E-state index is 0.0717. The number of hydrogen-bond donors (Lipinski definition) is 1. The van der Waals surface area contributed by atoms with E-state index in [1.165, 1.54) is 0 Å². The van der Waals surface area contributed by atoms with Crippen LogP contribution in [0.15, 0.2) is 54.6 Å². The Labute approximate surface area is 182 Å². The Hall–Kier alpha value is -3.26. The summed E-state index contributed by atoms with van der Waals surface area (Å²) >= 11 is 0. The van der Waals surface area contributed by atoms with Gasteiger partial charge in [-0.1, -0.05) is 42.5 Å². The molecule has 1 aliphatic rings. The minimum Gasteiger partial charge on any atom is -0.494 e. The van der Waals surface area contributed by atoms with E-state index >= 15 is 0 Å². The third kappa shape index (κ3) is 4.91. The summed E-state index contributed by atoms with van der Waals surface area (Å²) in [4.78, 5) is 14.0. The third-order valence-corrected chi connectivity index (χ3v) is 5.78. The third-order valence-electron chi connectivity index (χ3n) is 5.78. The van der Waals surface area contributed by atoms with E-state index in [9.17, 15) is 4.79 Å². The number of amides is 1. The Morgan fingerprint density at radius 1 is 1.13 bits per heavy atom. The molecule has 1 saturated heterocycles. The number of likely N-dealkylation sites (tertiary alicyclic amines) is 1. The highest BCUT2D eigenvalue weighted by Gasteiger charge is 2.32. The highest BCUT2D eigenvalue weighted by molar-refractivity contribution is 5.76. The lowest BCUT2D eigenvalue weighted by Gasteiger charge is -2.36. The van der Waals surface area contributed by atoms with Crippen LogP contribution in [0.3, 0.4) is 0 Å². The number of carbonyl (C=O) groups is 1. The van der Waals surface area contributed by atoms with Gasteiger partial charge in [-0.25, -0.2) is 4.68 Å². The summed E-state index contributed by atoms with van der Waals surface area (Å²) in [6.45, 7) is 4.69. The Bertz CT molecular complexity index is 981. The molecule has 1 aromatic heterocycles. The molecular formula is C23H28N6O2. The molecule has 0 unspecified atom stereocenters. The van der Waals surface area contributed by atoms with Gasteiger partial charge in [0, 0.05) is 5.92 Å². The van der Waals surface area contributed by atoms with Crippen LogP contribution in [0, 0.1) is 5.92 Å². The maximum absolute atomic E-state index is 11.6. The lowest BCUT2D eigenvalue weighted by molar-refractivity contribution is -0.123. The van der Waals surface area contributed by atoms with Crippen LogP contribution in [0.2, 0.25) is 0 Å². The topological polar surface area (TPSA) is 99.2 Å². The molecule has 8 nitrogen and oxygen atoms in total. The van der Waals surface area contributed by atoms with Gasteiger partial charge in [-0.2, -0.15) is 0 Å². The fourth-order valence-electron chi connectivity index (χ4n) is 4.15. The van der Waals surface area contributed by atoms with Crippen molar-refractivity contribution in [2.45, 2.75) is 32.4 Å². The lowest BCUT2D eigenvalue weighted by Crippen LogP contribution is -2.41. The van der Waals surface area contributed by atoms with E-state index < -0.39 is 0 Å². The molecule has 2 N–H and O–H groups in total. The van der Waals surface area contributed by atoms with Gasteiger partial charge in [0.25, 0.3) is 0 Å². The van der Waals surface area contributed by atoms with Crippen molar-refractivity contribution >= 4 is 5.91 Å². The summed E-state index contributed by atoms with van der Waals surface area (Å²) in [7, 11) is 0. The molecule has 0 aliphatic carbocycles. The Kier molecular flexibility index (Phi) is 6.57. The highest BCUT2D eigenvalue weighted by atomic mass is 16.5. The first kappa shape index (κ1) is 21.0. The van der Waals surface area contributed by atoms with Gasteiger partial charge in [-0.3, -0.25) is 9.69 Å². The lowest BCUT2D eigenvalue weighted by atomic mass is 9.93. The van der Waals surface area contributed by atoms with Gasteiger partial charge >= 0.3 is 0 Å². The van der Waals surface area contributed by atoms with Crippen LogP contribution < -0.4 is 10.5 Å². The van der Waals surface area contributed by atoms with Crippen LogP contribution in [0.25, 0.3) is 0 Å². The minimum atomic E-state index is -0.217. The molecule has 1 aliphatic heterocycles. The quantitative estimate of drug-likeness (QED) is 0.601.